The molecule has 1 fully saturated rings. The first-order valence-corrected chi connectivity index (χ1v) is 16.1. The number of pyridine rings is 1. The van der Waals surface area contributed by atoms with Crippen LogP contribution < -0.4 is 10.1 Å². The van der Waals surface area contributed by atoms with Crippen molar-refractivity contribution in [2.24, 2.45) is 4.99 Å². The fraction of sp³-hybridized carbons (Fsp3) is 0.324. The van der Waals surface area contributed by atoms with Crippen LogP contribution in [0.5, 0.6) is 5.75 Å². The van der Waals surface area contributed by atoms with Crippen molar-refractivity contribution < 1.29 is 27.9 Å². The van der Waals surface area contributed by atoms with Crippen LogP contribution in [0.4, 0.5) is 20.3 Å². The van der Waals surface area contributed by atoms with Crippen LogP contribution in [0.3, 0.4) is 0 Å². The van der Waals surface area contributed by atoms with E-state index in [0.717, 1.165) is 22.6 Å². The van der Waals surface area contributed by atoms with Gasteiger partial charge >= 0.3 is 5.97 Å². The lowest BCUT2D eigenvalue weighted by Gasteiger charge is -2.41. The highest BCUT2D eigenvalue weighted by atomic mass is 32.2. The van der Waals surface area contributed by atoms with Crippen molar-refractivity contribution in [3.8, 4) is 17.0 Å². The number of aromatic nitrogens is 1. The molecule has 1 aliphatic heterocycles. The number of carbonyl (C=O) groups is 3. The summed E-state index contributed by atoms with van der Waals surface area (Å²) in [5.74, 6) is -2.50. The van der Waals surface area contributed by atoms with E-state index in [1.165, 1.54) is 30.0 Å². The number of carbonyl (C=O) groups excluding carboxylic acids is 3. The first-order valence-electron chi connectivity index (χ1n) is 14.9. The van der Waals surface area contributed by atoms with Crippen molar-refractivity contribution in [1.82, 2.24) is 14.8 Å². The van der Waals surface area contributed by atoms with Crippen molar-refractivity contribution in [2.75, 3.05) is 31.2 Å². The Hall–Kier alpha value is -4.58. The second-order valence-corrected chi connectivity index (χ2v) is 11.8. The Bertz CT molecular complexity index is 1680. The summed E-state index contributed by atoms with van der Waals surface area (Å²) in [6.07, 6.45) is 3.61. The number of piperazine rings is 1. The average molecular weight is 650 g/mol. The molecule has 2 amide bonds. The SMILES string of the molecule is C=CC(=O)N1CCN(C(=Nc2c(SC)cccc2C(C)C)c2cc(F)c(-c3c(F)cccc3OC(=O)CC)nc2NC=O)C(C)C1. The second-order valence-electron chi connectivity index (χ2n) is 10.9. The van der Waals surface area contributed by atoms with Gasteiger partial charge < -0.3 is 19.9 Å². The maximum Gasteiger partial charge on any atom is 0.310 e. The van der Waals surface area contributed by atoms with Crippen molar-refractivity contribution in [2.45, 2.75) is 51.0 Å². The minimum Gasteiger partial charge on any atom is -0.426 e. The molecule has 1 aromatic heterocycles. The van der Waals surface area contributed by atoms with Crippen molar-refractivity contribution in [1.29, 1.82) is 0 Å². The van der Waals surface area contributed by atoms with Gasteiger partial charge in [-0.3, -0.25) is 14.4 Å². The zero-order valence-electron chi connectivity index (χ0n) is 26.5. The number of amides is 2. The molecule has 1 N–H and O–H groups in total. The number of ether oxygens (including phenoxy) is 1. The number of thioether (sulfide) groups is 1. The Morgan fingerprint density at radius 1 is 1.20 bits per heavy atom. The molecule has 46 heavy (non-hydrogen) atoms. The van der Waals surface area contributed by atoms with E-state index in [0.29, 0.717) is 37.6 Å². The fourth-order valence-corrected chi connectivity index (χ4v) is 5.86. The summed E-state index contributed by atoms with van der Waals surface area (Å²) < 4.78 is 36.8. The van der Waals surface area contributed by atoms with Crippen LogP contribution >= 0.6 is 11.8 Å². The molecule has 4 rings (SSSR count). The lowest BCUT2D eigenvalue weighted by Crippen LogP contribution is -2.55. The lowest BCUT2D eigenvalue weighted by molar-refractivity contribution is -0.134. The molecular weight excluding hydrogens is 612 g/mol. The Morgan fingerprint density at radius 2 is 1.93 bits per heavy atom. The van der Waals surface area contributed by atoms with Crippen LogP contribution in [0.15, 0.2) is 65.0 Å². The van der Waals surface area contributed by atoms with Gasteiger partial charge in [-0.25, -0.2) is 18.8 Å². The number of rotatable bonds is 10. The molecule has 2 aromatic carbocycles. The highest BCUT2D eigenvalue weighted by Gasteiger charge is 2.32. The standard InChI is InChI=1S/C34H37F2N5O4S/c1-7-28(43)40-15-16-41(21(5)18-40)34(39-31-22(20(3)4)11-9-14-27(31)46-6)23-17-25(36)32(38-33(23)37-19-42)30-24(35)12-10-13-26(30)45-29(44)8-2/h7,9-14,17,19-21H,1,8,15-16,18H2,2-6H3,(H,37,38,42). The summed E-state index contributed by atoms with van der Waals surface area (Å²) >= 11 is 1.51. The molecule has 2 heterocycles. The molecule has 0 aliphatic carbocycles. The molecule has 1 atom stereocenters. The molecule has 0 bridgehead atoms. The van der Waals surface area contributed by atoms with E-state index < -0.39 is 23.3 Å². The van der Waals surface area contributed by atoms with Gasteiger partial charge in [0.15, 0.2) is 5.82 Å². The largest absolute Gasteiger partial charge is 0.426 e. The van der Waals surface area contributed by atoms with Gasteiger partial charge in [-0.05, 0) is 55.0 Å². The summed E-state index contributed by atoms with van der Waals surface area (Å²) in [7, 11) is 0. The third-order valence-corrected chi connectivity index (χ3v) is 8.38. The van der Waals surface area contributed by atoms with Gasteiger partial charge in [-0.1, -0.05) is 45.5 Å². The van der Waals surface area contributed by atoms with Gasteiger partial charge in [0.05, 0.1) is 16.8 Å². The van der Waals surface area contributed by atoms with Crippen LogP contribution in [0, 0.1) is 11.6 Å². The molecule has 1 unspecified atom stereocenters. The molecule has 0 spiro atoms. The minimum absolute atomic E-state index is 0.0162. The van der Waals surface area contributed by atoms with Gasteiger partial charge in [0, 0.05) is 37.0 Å². The molecule has 1 saturated heterocycles. The highest BCUT2D eigenvalue weighted by Crippen LogP contribution is 2.39. The van der Waals surface area contributed by atoms with Gasteiger partial charge in [0.2, 0.25) is 12.3 Å². The van der Waals surface area contributed by atoms with Crippen molar-refractivity contribution >= 4 is 47.4 Å². The number of para-hydroxylation sites is 1. The van der Waals surface area contributed by atoms with E-state index >= 15 is 8.78 Å². The number of hydrogen-bond acceptors (Lipinski definition) is 7. The number of esters is 1. The molecular formula is C34H37F2N5O4S. The number of benzene rings is 2. The van der Waals surface area contributed by atoms with Crippen molar-refractivity contribution in [3.05, 3.63) is 77.9 Å². The normalized spacial score (nSPS) is 15.1. The first-order chi connectivity index (χ1) is 22.0. The number of hydrogen-bond donors (Lipinski definition) is 1. The van der Waals surface area contributed by atoms with E-state index in [2.05, 4.69) is 16.9 Å². The molecule has 3 aromatic rings. The fourth-order valence-electron chi connectivity index (χ4n) is 5.29. The third-order valence-electron chi connectivity index (χ3n) is 7.61. The van der Waals surface area contributed by atoms with E-state index in [9.17, 15) is 14.4 Å². The minimum atomic E-state index is -0.923. The third kappa shape index (κ3) is 7.28. The number of nitrogens with one attached hydrogen (secondary N) is 1. The first kappa shape index (κ1) is 34.3. The van der Waals surface area contributed by atoms with Gasteiger partial charge in [0.1, 0.15) is 28.9 Å². The Morgan fingerprint density at radius 3 is 2.57 bits per heavy atom. The molecule has 9 nitrogen and oxygen atoms in total. The highest BCUT2D eigenvalue weighted by molar-refractivity contribution is 7.98. The number of aliphatic imine (C=N–C) groups is 1. The van der Waals surface area contributed by atoms with Gasteiger partial charge in [-0.2, -0.15) is 0 Å². The molecule has 0 radical (unpaired) electrons. The van der Waals surface area contributed by atoms with E-state index in [1.54, 1.807) is 11.8 Å². The maximum atomic E-state index is 16.2. The zero-order chi connectivity index (χ0) is 33.5. The average Bonchev–Trinajstić information content (AvgIpc) is 3.04. The topological polar surface area (TPSA) is 104 Å². The molecule has 0 saturated carbocycles. The van der Waals surface area contributed by atoms with Crippen LogP contribution in [-0.4, -0.2) is 70.8 Å². The molecule has 242 valence electrons. The van der Waals surface area contributed by atoms with Crippen LogP contribution in [0.25, 0.3) is 11.3 Å². The molecule has 1 aliphatic rings. The lowest BCUT2D eigenvalue weighted by atomic mass is 10.0. The zero-order valence-corrected chi connectivity index (χ0v) is 27.3. The summed E-state index contributed by atoms with van der Waals surface area (Å²) in [5, 5.41) is 2.55. The molecule has 12 heteroatoms. The van der Waals surface area contributed by atoms with E-state index in [1.807, 2.05) is 50.1 Å². The summed E-state index contributed by atoms with van der Waals surface area (Å²) in [5.41, 5.74) is 0.979. The predicted molar refractivity (Wildman–Crippen MR) is 177 cm³/mol. The Labute approximate surface area is 271 Å². The summed E-state index contributed by atoms with van der Waals surface area (Å²) in [4.78, 5) is 50.5. The predicted octanol–water partition coefficient (Wildman–Crippen LogP) is 6.55. The number of nitrogens with zero attached hydrogens (tertiary/aromatic N) is 4. The number of amidine groups is 1. The van der Waals surface area contributed by atoms with Gasteiger partial charge in [0.25, 0.3) is 0 Å². The number of anilines is 1. The van der Waals surface area contributed by atoms with Crippen LogP contribution in [-0.2, 0) is 14.4 Å². The Balaban J connectivity index is 1.99. The van der Waals surface area contributed by atoms with Crippen LogP contribution in [0.1, 0.15) is 51.2 Å². The second kappa shape index (κ2) is 15.1. The monoisotopic (exact) mass is 649 g/mol. The number of halogens is 2. The van der Waals surface area contributed by atoms with Crippen LogP contribution in [0.2, 0.25) is 0 Å². The van der Waals surface area contributed by atoms with E-state index in [4.69, 9.17) is 9.73 Å². The summed E-state index contributed by atoms with van der Waals surface area (Å²) in [6, 6.07) is 10.5. The van der Waals surface area contributed by atoms with E-state index in [-0.39, 0.29) is 47.0 Å². The van der Waals surface area contributed by atoms with Gasteiger partial charge in [-0.15, -0.1) is 11.8 Å². The maximum absolute atomic E-state index is 16.2. The quantitative estimate of drug-likeness (QED) is 0.0505. The smallest absolute Gasteiger partial charge is 0.310 e. The summed E-state index contributed by atoms with van der Waals surface area (Å²) in [6.45, 7) is 12.2. The Kier molecular flexibility index (Phi) is 11.3. The van der Waals surface area contributed by atoms with Crippen molar-refractivity contribution in [3.63, 3.8) is 0 Å².